The Morgan fingerprint density at radius 1 is 1.38 bits per heavy atom. The second-order valence-corrected chi connectivity index (χ2v) is 4.58. The quantitative estimate of drug-likeness (QED) is 0.728. The van der Waals surface area contributed by atoms with Crippen LogP contribution in [0.3, 0.4) is 0 Å². The molecule has 0 spiro atoms. The van der Waals surface area contributed by atoms with Crippen molar-refractivity contribution in [1.82, 2.24) is 10.2 Å². The number of para-hydroxylation sites is 1. The lowest BCUT2D eigenvalue weighted by Crippen LogP contribution is -2.35. The normalized spacial score (nSPS) is 10.0. The van der Waals surface area contributed by atoms with Gasteiger partial charge in [-0.2, -0.15) is 5.26 Å². The molecule has 0 fully saturated rings. The molecule has 6 heteroatoms. The Kier molecular flexibility index (Phi) is 7.05. The highest BCUT2D eigenvalue weighted by atomic mass is 16.5. The van der Waals surface area contributed by atoms with Crippen LogP contribution in [0.1, 0.15) is 12.0 Å². The zero-order valence-electron chi connectivity index (χ0n) is 12.7. The summed E-state index contributed by atoms with van der Waals surface area (Å²) in [5, 5.41) is 11.1. The molecule has 114 valence electrons. The lowest BCUT2D eigenvalue weighted by molar-refractivity contribution is -0.122. The standard InChI is InChI=1S/C15H21N3O3/c1-18(11-14(19)17-9-5-8-16)10-12-6-4-7-13(20-2)15(12)21-3/h4,6-7H,5,9-11H2,1-3H3,(H,17,19). The average molecular weight is 291 g/mol. The molecule has 0 saturated carbocycles. The molecule has 1 aromatic rings. The Bertz CT molecular complexity index is 511. The first-order valence-electron chi connectivity index (χ1n) is 6.64. The van der Waals surface area contributed by atoms with Crippen LogP contribution in [0.15, 0.2) is 18.2 Å². The van der Waals surface area contributed by atoms with Crippen LogP contribution in [-0.2, 0) is 11.3 Å². The van der Waals surface area contributed by atoms with Crippen molar-refractivity contribution in [2.45, 2.75) is 13.0 Å². The van der Waals surface area contributed by atoms with Crippen LogP contribution in [0, 0.1) is 11.3 Å². The minimum Gasteiger partial charge on any atom is -0.493 e. The molecule has 0 aliphatic carbocycles. The van der Waals surface area contributed by atoms with Crippen LogP contribution in [0.5, 0.6) is 11.5 Å². The van der Waals surface area contributed by atoms with Crippen molar-refractivity contribution in [2.75, 3.05) is 34.4 Å². The molecule has 0 aliphatic heterocycles. The van der Waals surface area contributed by atoms with E-state index in [1.54, 1.807) is 14.2 Å². The fraction of sp³-hybridized carbons (Fsp3) is 0.467. The molecule has 0 heterocycles. The summed E-state index contributed by atoms with van der Waals surface area (Å²) in [5.41, 5.74) is 0.948. The van der Waals surface area contributed by atoms with Crippen molar-refractivity contribution in [3.05, 3.63) is 23.8 Å². The van der Waals surface area contributed by atoms with Crippen LogP contribution in [0.25, 0.3) is 0 Å². The second kappa shape index (κ2) is 8.82. The minimum atomic E-state index is -0.102. The molecule has 0 unspecified atom stereocenters. The van der Waals surface area contributed by atoms with Crippen molar-refractivity contribution < 1.29 is 14.3 Å². The number of rotatable bonds is 8. The fourth-order valence-corrected chi connectivity index (χ4v) is 1.98. The third-order valence-corrected chi connectivity index (χ3v) is 2.90. The Labute approximate surface area is 125 Å². The molecule has 0 atom stereocenters. The molecule has 1 N–H and O–H groups in total. The maximum absolute atomic E-state index is 11.7. The number of ether oxygens (including phenoxy) is 2. The molecule has 21 heavy (non-hydrogen) atoms. The van der Waals surface area contributed by atoms with Gasteiger partial charge in [-0.05, 0) is 13.1 Å². The van der Waals surface area contributed by atoms with Gasteiger partial charge in [0.1, 0.15) is 0 Å². The van der Waals surface area contributed by atoms with Crippen molar-refractivity contribution in [2.24, 2.45) is 0 Å². The van der Waals surface area contributed by atoms with Gasteiger partial charge < -0.3 is 14.8 Å². The van der Waals surface area contributed by atoms with E-state index in [1.165, 1.54) is 0 Å². The number of methoxy groups -OCH3 is 2. The summed E-state index contributed by atoms with van der Waals surface area (Å²) >= 11 is 0. The van der Waals surface area contributed by atoms with Gasteiger partial charge in [0.2, 0.25) is 5.91 Å². The first kappa shape index (κ1) is 16.8. The third-order valence-electron chi connectivity index (χ3n) is 2.90. The number of benzene rings is 1. The SMILES string of the molecule is COc1cccc(CN(C)CC(=O)NCCC#N)c1OC. The van der Waals surface area contributed by atoms with Gasteiger partial charge in [-0.25, -0.2) is 0 Å². The van der Waals surface area contributed by atoms with E-state index in [1.807, 2.05) is 36.2 Å². The number of nitrogens with one attached hydrogen (secondary N) is 1. The number of likely N-dealkylation sites (N-methyl/N-ethyl adjacent to an activating group) is 1. The molecular formula is C15H21N3O3. The molecule has 0 bridgehead atoms. The summed E-state index contributed by atoms with van der Waals surface area (Å²) < 4.78 is 10.6. The molecule has 0 saturated heterocycles. The molecule has 6 nitrogen and oxygen atoms in total. The predicted octanol–water partition coefficient (Wildman–Crippen LogP) is 1.17. The number of nitrogens with zero attached hydrogens (tertiary/aromatic N) is 2. The van der Waals surface area contributed by atoms with Crippen molar-refractivity contribution in [3.8, 4) is 17.6 Å². The maximum atomic E-state index is 11.7. The van der Waals surface area contributed by atoms with Crippen LogP contribution in [-0.4, -0.2) is 45.2 Å². The topological polar surface area (TPSA) is 74.6 Å². The summed E-state index contributed by atoms with van der Waals surface area (Å²) in [5.74, 6) is 1.24. The highest BCUT2D eigenvalue weighted by Crippen LogP contribution is 2.31. The van der Waals surface area contributed by atoms with E-state index in [9.17, 15) is 4.79 Å². The zero-order chi connectivity index (χ0) is 15.7. The predicted molar refractivity (Wildman–Crippen MR) is 79.1 cm³/mol. The summed E-state index contributed by atoms with van der Waals surface area (Å²) in [6, 6.07) is 7.64. The van der Waals surface area contributed by atoms with E-state index in [2.05, 4.69) is 5.32 Å². The van der Waals surface area contributed by atoms with E-state index < -0.39 is 0 Å². The summed E-state index contributed by atoms with van der Waals surface area (Å²) in [7, 11) is 5.03. The molecule has 1 amide bonds. The molecular weight excluding hydrogens is 270 g/mol. The number of hydrogen-bond donors (Lipinski definition) is 1. The first-order chi connectivity index (χ1) is 10.1. The summed E-state index contributed by atoms with van der Waals surface area (Å²) in [6.07, 6.45) is 0.319. The van der Waals surface area contributed by atoms with Gasteiger partial charge in [0.15, 0.2) is 11.5 Å². The fourth-order valence-electron chi connectivity index (χ4n) is 1.98. The van der Waals surface area contributed by atoms with Gasteiger partial charge in [-0.1, -0.05) is 12.1 Å². The Morgan fingerprint density at radius 2 is 2.14 bits per heavy atom. The van der Waals surface area contributed by atoms with E-state index in [4.69, 9.17) is 14.7 Å². The number of carbonyl (C=O) groups is 1. The van der Waals surface area contributed by atoms with Crippen LogP contribution >= 0.6 is 0 Å². The van der Waals surface area contributed by atoms with Gasteiger partial charge in [-0.3, -0.25) is 9.69 Å². The highest BCUT2D eigenvalue weighted by Gasteiger charge is 2.13. The molecule has 0 aliphatic rings. The lowest BCUT2D eigenvalue weighted by atomic mass is 10.1. The maximum Gasteiger partial charge on any atom is 0.234 e. The van der Waals surface area contributed by atoms with Gasteiger partial charge in [-0.15, -0.1) is 0 Å². The van der Waals surface area contributed by atoms with E-state index in [0.29, 0.717) is 31.0 Å². The van der Waals surface area contributed by atoms with Gasteiger partial charge in [0.25, 0.3) is 0 Å². The molecule has 1 aromatic carbocycles. The zero-order valence-corrected chi connectivity index (χ0v) is 12.7. The van der Waals surface area contributed by atoms with Gasteiger partial charge in [0, 0.05) is 18.7 Å². The van der Waals surface area contributed by atoms with Gasteiger partial charge in [0.05, 0.1) is 33.3 Å². The number of hydrogen-bond acceptors (Lipinski definition) is 5. The monoisotopic (exact) mass is 291 g/mol. The largest absolute Gasteiger partial charge is 0.493 e. The van der Waals surface area contributed by atoms with E-state index in [-0.39, 0.29) is 12.5 Å². The van der Waals surface area contributed by atoms with Crippen molar-refractivity contribution >= 4 is 5.91 Å². The molecule has 0 aromatic heterocycles. The highest BCUT2D eigenvalue weighted by molar-refractivity contribution is 5.77. The Balaban J connectivity index is 2.60. The number of nitriles is 1. The van der Waals surface area contributed by atoms with E-state index >= 15 is 0 Å². The number of carbonyl (C=O) groups excluding carboxylic acids is 1. The summed E-state index contributed by atoms with van der Waals surface area (Å²) in [6.45, 7) is 1.20. The number of amides is 1. The van der Waals surface area contributed by atoms with Crippen LogP contribution in [0.2, 0.25) is 0 Å². The smallest absolute Gasteiger partial charge is 0.234 e. The average Bonchev–Trinajstić information content (AvgIpc) is 2.47. The van der Waals surface area contributed by atoms with Gasteiger partial charge >= 0.3 is 0 Å². The second-order valence-electron chi connectivity index (χ2n) is 4.58. The molecule has 0 radical (unpaired) electrons. The minimum absolute atomic E-state index is 0.102. The Morgan fingerprint density at radius 3 is 2.76 bits per heavy atom. The third kappa shape index (κ3) is 5.32. The van der Waals surface area contributed by atoms with Crippen molar-refractivity contribution in [3.63, 3.8) is 0 Å². The first-order valence-corrected chi connectivity index (χ1v) is 6.64. The molecule has 1 rings (SSSR count). The van der Waals surface area contributed by atoms with Crippen LogP contribution in [0.4, 0.5) is 0 Å². The summed E-state index contributed by atoms with van der Waals surface area (Å²) in [4.78, 5) is 13.6. The Hall–Kier alpha value is -2.26. The van der Waals surface area contributed by atoms with Crippen molar-refractivity contribution in [1.29, 1.82) is 5.26 Å². The lowest BCUT2D eigenvalue weighted by Gasteiger charge is -2.19. The van der Waals surface area contributed by atoms with E-state index in [0.717, 1.165) is 5.56 Å². The van der Waals surface area contributed by atoms with Crippen LogP contribution < -0.4 is 14.8 Å².